The highest BCUT2D eigenvalue weighted by atomic mass is 16.6. The van der Waals surface area contributed by atoms with Crippen molar-refractivity contribution in [3.63, 3.8) is 0 Å². The molecule has 0 saturated carbocycles. The summed E-state index contributed by atoms with van der Waals surface area (Å²) in [6.45, 7) is 3.42. The third-order valence-corrected chi connectivity index (χ3v) is 2.67. The Bertz CT molecular complexity index is 554. The van der Waals surface area contributed by atoms with Crippen molar-refractivity contribution in [2.24, 2.45) is 0 Å². The van der Waals surface area contributed by atoms with Gasteiger partial charge in [0.2, 0.25) is 5.91 Å². The van der Waals surface area contributed by atoms with Gasteiger partial charge in [-0.2, -0.15) is 0 Å². The van der Waals surface area contributed by atoms with E-state index in [0.29, 0.717) is 12.0 Å². The molecule has 0 unspecified atom stereocenters. The number of nitrogens with one attached hydrogen (secondary N) is 1. The number of hydrogen-bond donors (Lipinski definition) is 1. The maximum absolute atomic E-state index is 11.6. The van der Waals surface area contributed by atoms with Gasteiger partial charge in [-0.25, -0.2) is 4.79 Å². The average Bonchev–Trinajstić information content (AvgIpc) is 2.39. The second-order valence-corrected chi connectivity index (χ2v) is 4.23. The molecule has 0 radical (unpaired) electrons. The Morgan fingerprint density at radius 1 is 1.40 bits per heavy atom. The second kappa shape index (κ2) is 6.65. The van der Waals surface area contributed by atoms with Gasteiger partial charge in [0.25, 0.3) is 5.69 Å². The van der Waals surface area contributed by atoms with Crippen molar-refractivity contribution in [1.82, 2.24) is 0 Å². The number of aryl methyl sites for hydroxylation is 1. The molecule has 20 heavy (non-hydrogen) atoms. The molecule has 1 aromatic carbocycles. The molecule has 108 valence electrons. The Hall–Kier alpha value is -2.44. The van der Waals surface area contributed by atoms with Crippen LogP contribution in [0, 0.1) is 17.0 Å². The summed E-state index contributed by atoms with van der Waals surface area (Å²) < 4.78 is 4.54. The van der Waals surface area contributed by atoms with Crippen molar-refractivity contribution >= 4 is 23.3 Å². The molecule has 0 aromatic heterocycles. The van der Waals surface area contributed by atoms with E-state index >= 15 is 0 Å². The number of nitrogens with zero attached hydrogens (tertiary/aromatic N) is 1. The fourth-order valence-electron chi connectivity index (χ4n) is 1.74. The third-order valence-electron chi connectivity index (χ3n) is 2.67. The SMILES string of the molecule is CCCC(=O)Nc1c(C)cc(C(=O)OC)cc1[N+](=O)[O-]. The first-order chi connectivity index (χ1) is 9.40. The number of nitro groups is 1. The maximum atomic E-state index is 11.6. The number of esters is 1. The fraction of sp³-hybridized carbons (Fsp3) is 0.385. The summed E-state index contributed by atoms with van der Waals surface area (Å²) in [4.78, 5) is 33.5. The first-order valence-electron chi connectivity index (χ1n) is 6.07. The smallest absolute Gasteiger partial charge is 0.338 e. The molecule has 0 aliphatic rings. The van der Waals surface area contributed by atoms with E-state index in [1.165, 1.54) is 13.2 Å². The maximum Gasteiger partial charge on any atom is 0.338 e. The number of methoxy groups -OCH3 is 1. The molecule has 0 atom stereocenters. The Morgan fingerprint density at radius 3 is 2.55 bits per heavy atom. The number of anilines is 1. The number of amides is 1. The van der Waals surface area contributed by atoms with Gasteiger partial charge in [0, 0.05) is 12.5 Å². The minimum Gasteiger partial charge on any atom is -0.465 e. The first-order valence-corrected chi connectivity index (χ1v) is 6.07. The van der Waals surface area contributed by atoms with Crippen molar-refractivity contribution < 1.29 is 19.2 Å². The molecule has 1 N–H and O–H groups in total. The molecule has 1 amide bonds. The van der Waals surface area contributed by atoms with Crippen LogP contribution < -0.4 is 5.32 Å². The molecule has 7 nitrogen and oxygen atoms in total. The minimum atomic E-state index is -0.664. The van der Waals surface area contributed by atoms with E-state index in [4.69, 9.17) is 0 Å². The molecule has 0 heterocycles. The Labute approximate surface area is 116 Å². The van der Waals surface area contributed by atoms with Crippen LogP contribution in [0.4, 0.5) is 11.4 Å². The van der Waals surface area contributed by atoms with Gasteiger partial charge >= 0.3 is 5.97 Å². The Kier molecular flexibility index (Phi) is 5.19. The highest BCUT2D eigenvalue weighted by Gasteiger charge is 2.22. The second-order valence-electron chi connectivity index (χ2n) is 4.23. The molecule has 0 aliphatic carbocycles. The Balaban J connectivity index is 3.26. The third kappa shape index (κ3) is 3.53. The summed E-state index contributed by atoms with van der Waals surface area (Å²) >= 11 is 0. The fourth-order valence-corrected chi connectivity index (χ4v) is 1.74. The largest absolute Gasteiger partial charge is 0.465 e. The van der Waals surface area contributed by atoms with Gasteiger partial charge in [0.15, 0.2) is 0 Å². The predicted octanol–water partition coefficient (Wildman–Crippen LogP) is 2.43. The molecular formula is C13H16N2O5. The van der Waals surface area contributed by atoms with Gasteiger partial charge in [-0.1, -0.05) is 6.92 Å². The standard InChI is InChI=1S/C13H16N2O5/c1-4-5-11(16)14-12-8(2)6-9(13(17)20-3)7-10(12)15(18)19/h6-7H,4-5H2,1-3H3,(H,14,16). The van der Waals surface area contributed by atoms with Crippen molar-refractivity contribution in [3.05, 3.63) is 33.4 Å². The monoisotopic (exact) mass is 280 g/mol. The molecule has 0 aliphatic heterocycles. The number of benzene rings is 1. The normalized spacial score (nSPS) is 9.95. The number of carbonyl (C=O) groups is 2. The lowest BCUT2D eigenvalue weighted by Gasteiger charge is -2.10. The molecular weight excluding hydrogens is 264 g/mol. The van der Waals surface area contributed by atoms with Crippen LogP contribution in [0.2, 0.25) is 0 Å². The van der Waals surface area contributed by atoms with Crippen LogP contribution in [-0.4, -0.2) is 23.9 Å². The summed E-state index contributed by atoms with van der Waals surface area (Å²) in [7, 11) is 1.19. The van der Waals surface area contributed by atoms with Crippen LogP contribution >= 0.6 is 0 Å². The summed E-state index contributed by atoms with van der Waals surface area (Å²) in [6, 6.07) is 2.54. The van der Waals surface area contributed by atoms with Crippen LogP contribution in [0.5, 0.6) is 0 Å². The van der Waals surface area contributed by atoms with E-state index in [2.05, 4.69) is 10.1 Å². The van der Waals surface area contributed by atoms with Crippen LogP contribution in [0.3, 0.4) is 0 Å². The predicted molar refractivity (Wildman–Crippen MR) is 72.7 cm³/mol. The number of nitro benzene ring substituents is 1. The number of ether oxygens (including phenoxy) is 1. The lowest BCUT2D eigenvalue weighted by atomic mass is 10.1. The molecule has 0 spiro atoms. The van der Waals surface area contributed by atoms with Crippen LogP contribution in [0.1, 0.15) is 35.7 Å². The topological polar surface area (TPSA) is 98.5 Å². The van der Waals surface area contributed by atoms with Gasteiger partial charge in [0.1, 0.15) is 5.69 Å². The van der Waals surface area contributed by atoms with E-state index in [1.54, 1.807) is 6.92 Å². The van der Waals surface area contributed by atoms with Gasteiger partial charge in [-0.15, -0.1) is 0 Å². The molecule has 0 bridgehead atoms. The molecule has 0 fully saturated rings. The zero-order valence-electron chi connectivity index (χ0n) is 11.6. The summed E-state index contributed by atoms with van der Waals surface area (Å²) in [5, 5.41) is 13.6. The average molecular weight is 280 g/mol. The number of carbonyl (C=O) groups excluding carboxylic acids is 2. The number of hydrogen-bond acceptors (Lipinski definition) is 5. The van der Waals surface area contributed by atoms with Crippen molar-refractivity contribution in [3.8, 4) is 0 Å². The minimum absolute atomic E-state index is 0.0743. The van der Waals surface area contributed by atoms with E-state index in [9.17, 15) is 19.7 Å². The molecule has 0 saturated heterocycles. The van der Waals surface area contributed by atoms with Crippen LogP contribution in [0.15, 0.2) is 12.1 Å². The molecule has 1 rings (SSSR count). The zero-order chi connectivity index (χ0) is 15.3. The molecule has 1 aromatic rings. The van der Waals surface area contributed by atoms with E-state index < -0.39 is 10.9 Å². The summed E-state index contributed by atoms with van der Waals surface area (Å²) in [5.74, 6) is -0.966. The lowest BCUT2D eigenvalue weighted by molar-refractivity contribution is -0.384. The molecule has 7 heteroatoms. The zero-order valence-corrected chi connectivity index (χ0v) is 11.6. The summed E-state index contributed by atoms with van der Waals surface area (Å²) in [6.07, 6.45) is 0.911. The quantitative estimate of drug-likeness (QED) is 0.507. The Morgan fingerprint density at radius 2 is 2.05 bits per heavy atom. The van der Waals surface area contributed by atoms with Crippen LogP contribution in [0.25, 0.3) is 0 Å². The van der Waals surface area contributed by atoms with E-state index in [1.807, 2.05) is 6.92 Å². The highest BCUT2D eigenvalue weighted by molar-refractivity contribution is 5.97. The van der Waals surface area contributed by atoms with E-state index in [0.717, 1.165) is 6.07 Å². The lowest BCUT2D eigenvalue weighted by Crippen LogP contribution is -2.14. The highest BCUT2D eigenvalue weighted by Crippen LogP contribution is 2.30. The van der Waals surface area contributed by atoms with Gasteiger partial charge in [-0.3, -0.25) is 14.9 Å². The van der Waals surface area contributed by atoms with Crippen molar-refractivity contribution in [2.45, 2.75) is 26.7 Å². The van der Waals surface area contributed by atoms with Gasteiger partial charge in [-0.05, 0) is 25.0 Å². The number of rotatable bonds is 5. The van der Waals surface area contributed by atoms with Gasteiger partial charge < -0.3 is 10.1 Å². The van der Waals surface area contributed by atoms with Crippen molar-refractivity contribution in [2.75, 3.05) is 12.4 Å². The van der Waals surface area contributed by atoms with Crippen molar-refractivity contribution in [1.29, 1.82) is 0 Å². The van der Waals surface area contributed by atoms with Gasteiger partial charge in [0.05, 0.1) is 17.6 Å². The first kappa shape index (κ1) is 15.6. The van der Waals surface area contributed by atoms with Crippen LogP contribution in [-0.2, 0) is 9.53 Å². The van der Waals surface area contributed by atoms with E-state index in [-0.39, 0.29) is 29.3 Å². The summed E-state index contributed by atoms with van der Waals surface area (Å²) in [5.41, 5.74) is 0.296.